The van der Waals surface area contributed by atoms with Crippen molar-refractivity contribution in [3.8, 4) is 0 Å². The van der Waals surface area contributed by atoms with E-state index in [1.54, 1.807) is 0 Å². The van der Waals surface area contributed by atoms with Gasteiger partial charge in [-0.05, 0) is 26.3 Å². The van der Waals surface area contributed by atoms with E-state index in [0.717, 1.165) is 5.92 Å². The van der Waals surface area contributed by atoms with Crippen LogP contribution in [0.3, 0.4) is 0 Å². The lowest BCUT2D eigenvalue weighted by Crippen LogP contribution is -2.54. The molecule has 1 fully saturated rings. The highest BCUT2D eigenvalue weighted by molar-refractivity contribution is 4.82. The minimum absolute atomic E-state index is 0.660. The van der Waals surface area contributed by atoms with E-state index in [9.17, 15) is 0 Å². The smallest absolute Gasteiger partial charge is 0.0200 e. The van der Waals surface area contributed by atoms with Crippen LogP contribution >= 0.6 is 0 Å². The molecule has 12 heavy (non-hydrogen) atoms. The van der Waals surface area contributed by atoms with Crippen LogP contribution in [0.25, 0.3) is 0 Å². The standard InChI is InChI=1S/C10H22N2/c1-8(2)5-10-7-12(4)6-9(3)11-10/h8-11H,5-7H2,1-4H3/t9-,10?/m0/s1. The lowest BCUT2D eigenvalue weighted by Gasteiger charge is -2.36. The first-order valence-corrected chi connectivity index (χ1v) is 5.02. The maximum atomic E-state index is 3.64. The van der Waals surface area contributed by atoms with Crippen LogP contribution in [0, 0.1) is 5.92 Å². The van der Waals surface area contributed by atoms with Crippen LogP contribution in [0.2, 0.25) is 0 Å². The molecule has 0 spiro atoms. The van der Waals surface area contributed by atoms with Gasteiger partial charge in [-0.25, -0.2) is 0 Å². The minimum Gasteiger partial charge on any atom is -0.309 e. The topological polar surface area (TPSA) is 15.3 Å². The molecule has 0 amide bonds. The second-order valence-corrected chi connectivity index (χ2v) is 4.62. The number of likely N-dealkylation sites (N-methyl/N-ethyl adjacent to an activating group) is 1. The molecule has 1 aliphatic rings. The molecule has 0 bridgehead atoms. The van der Waals surface area contributed by atoms with Crippen molar-refractivity contribution in [3.05, 3.63) is 0 Å². The molecule has 1 unspecified atom stereocenters. The SMILES string of the molecule is CC(C)CC1CN(C)C[C@H](C)N1. The van der Waals surface area contributed by atoms with Crippen LogP contribution in [0.1, 0.15) is 27.2 Å². The van der Waals surface area contributed by atoms with Crippen LogP contribution in [0.4, 0.5) is 0 Å². The third kappa shape index (κ3) is 3.11. The molecule has 1 saturated heterocycles. The Morgan fingerprint density at radius 2 is 2.08 bits per heavy atom. The minimum atomic E-state index is 0.660. The van der Waals surface area contributed by atoms with Crippen molar-refractivity contribution in [1.29, 1.82) is 0 Å². The highest BCUT2D eigenvalue weighted by atomic mass is 15.2. The van der Waals surface area contributed by atoms with E-state index in [4.69, 9.17) is 0 Å². The normalized spacial score (nSPS) is 32.8. The summed E-state index contributed by atoms with van der Waals surface area (Å²) in [6, 6.07) is 1.37. The van der Waals surface area contributed by atoms with Gasteiger partial charge in [0, 0.05) is 25.2 Å². The molecule has 2 nitrogen and oxygen atoms in total. The average molecular weight is 170 g/mol. The Kier molecular flexibility index (Phi) is 3.53. The van der Waals surface area contributed by atoms with Gasteiger partial charge in [-0.2, -0.15) is 0 Å². The van der Waals surface area contributed by atoms with Gasteiger partial charge in [0.2, 0.25) is 0 Å². The number of hydrogen-bond acceptors (Lipinski definition) is 2. The second kappa shape index (κ2) is 4.24. The van der Waals surface area contributed by atoms with Gasteiger partial charge >= 0.3 is 0 Å². The van der Waals surface area contributed by atoms with Gasteiger partial charge in [0.25, 0.3) is 0 Å². The maximum absolute atomic E-state index is 3.64. The first kappa shape index (κ1) is 10.0. The molecule has 0 aliphatic carbocycles. The van der Waals surface area contributed by atoms with Gasteiger partial charge in [-0.1, -0.05) is 13.8 Å². The number of hydrogen-bond donors (Lipinski definition) is 1. The van der Waals surface area contributed by atoms with Gasteiger partial charge in [-0.3, -0.25) is 0 Å². The summed E-state index contributed by atoms with van der Waals surface area (Å²) in [4.78, 5) is 2.42. The van der Waals surface area contributed by atoms with Crippen molar-refractivity contribution < 1.29 is 0 Å². The molecule has 0 radical (unpaired) electrons. The second-order valence-electron chi connectivity index (χ2n) is 4.62. The van der Waals surface area contributed by atoms with Crippen molar-refractivity contribution in [2.45, 2.75) is 39.3 Å². The zero-order valence-electron chi connectivity index (χ0n) is 8.80. The van der Waals surface area contributed by atoms with Crippen molar-refractivity contribution >= 4 is 0 Å². The average Bonchev–Trinajstić information content (AvgIpc) is 1.81. The zero-order chi connectivity index (χ0) is 9.14. The van der Waals surface area contributed by atoms with E-state index in [-0.39, 0.29) is 0 Å². The Hall–Kier alpha value is -0.0800. The first-order valence-electron chi connectivity index (χ1n) is 5.02. The molecule has 0 saturated carbocycles. The van der Waals surface area contributed by atoms with Crippen molar-refractivity contribution in [2.24, 2.45) is 5.92 Å². The van der Waals surface area contributed by atoms with Crippen LogP contribution in [0.5, 0.6) is 0 Å². The zero-order valence-corrected chi connectivity index (χ0v) is 8.80. The Bertz CT molecular complexity index is 121. The fourth-order valence-corrected chi connectivity index (χ4v) is 2.14. The van der Waals surface area contributed by atoms with Crippen LogP contribution in [-0.4, -0.2) is 37.1 Å². The van der Waals surface area contributed by atoms with Gasteiger partial charge in [0.05, 0.1) is 0 Å². The number of piperazine rings is 1. The van der Waals surface area contributed by atoms with Crippen LogP contribution in [0.15, 0.2) is 0 Å². The summed E-state index contributed by atoms with van der Waals surface area (Å²) in [5.41, 5.74) is 0. The first-order chi connectivity index (χ1) is 5.58. The van der Waals surface area contributed by atoms with Gasteiger partial charge in [0.15, 0.2) is 0 Å². The predicted molar refractivity (Wildman–Crippen MR) is 53.3 cm³/mol. The monoisotopic (exact) mass is 170 g/mol. The Morgan fingerprint density at radius 3 is 2.58 bits per heavy atom. The van der Waals surface area contributed by atoms with E-state index in [1.807, 2.05) is 0 Å². The quantitative estimate of drug-likeness (QED) is 0.672. The lowest BCUT2D eigenvalue weighted by atomic mass is 10.0. The Labute approximate surface area is 76.3 Å². The van der Waals surface area contributed by atoms with Crippen molar-refractivity contribution in [3.63, 3.8) is 0 Å². The number of nitrogens with zero attached hydrogens (tertiary/aromatic N) is 1. The summed E-state index contributed by atoms with van der Waals surface area (Å²) in [7, 11) is 2.21. The predicted octanol–water partition coefficient (Wildman–Crippen LogP) is 1.32. The fourth-order valence-electron chi connectivity index (χ4n) is 2.14. The van der Waals surface area contributed by atoms with Gasteiger partial charge in [-0.15, -0.1) is 0 Å². The molecule has 2 atom stereocenters. The van der Waals surface area contributed by atoms with E-state index >= 15 is 0 Å². The largest absolute Gasteiger partial charge is 0.309 e. The van der Waals surface area contributed by atoms with E-state index in [2.05, 4.69) is 38.0 Å². The van der Waals surface area contributed by atoms with E-state index < -0.39 is 0 Å². The summed E-state index contributed by atoms with van der Waals surface area (Å²) in [6.45, 7) is 9.25. The van der Waals surface area contributed by atoms with E-state index in [0.29, 0.717) is 12.1 Å². The maximum Gasteiger partial charge on any atom is 0.0200 e. The highest BCUT2D eigenvalue weighted by Gasteiger charge is 2.21. The molecule has 72 valence electrons. The molecular weight excluding hydrogens is 148 g/mol. The molecular formula is C10H22N2. The summed E-state index contributed by atoms with van der Waals surface area (Å²) in [5, 5.41) is 3.64. The summed E-state index contributed by atoms with van der Waals surface area (Å²) >= 11 is 0. The molecule has 1 N–H and O–H groups in total. The molecule has 0 aromatic rings. The fraction of sp³-hybridized carbons (Fsp3) is 1.00. The number of nitrogens with one attached hydrogen (secondary N) is 1. The summed E-state index contributed by atoms with van der Waals surface area (Å²) < 4.78 is 0. The third-order valence-electron chi connectivity index (χ3n) is 2.39. The summed E-state index contributed by atoms with van der Waals surface area (Å²) in [5.74, 6) is 0.807. The van der Waals surface area contributed by atoms with Crippen molar-refractivity contribution in [2.75, 3.05) is 20.1 Å². The lowest BCUT2D eigenvalue weighted by molar-refractivity contribution is 0.184. The van der Waals surface area contributed by atoms with Gasteiger partial charge in [0.1, 0.15) is 0 Å². The van der Waals surface area contributed by atoms with Crippen LogP contribution in [-0.2, 0) is 0 Å². The van der Waals surface area contributed by atoms with Gasteiger partial charge < -0.3 is 10.2 Å². The van der Waals surface area contributed by atoms with Crippen molar-refractivity contribution in [1.82, 2.24) is 10.2 Å². The summed E-state index contributed by atoms with van der Waals surface area (Å²) in [6.07, 6.45) is 1.30. The van der Waals surface area contributed by atoms with E-state index in [1.165, 1.54) is 19.5 Å². The third-order valence-corrected chi connectivity index (χ3v) is 2.39. The molecule has 1 aliphatic heterocycles. The van der Waals surface area contributed by atoms with Crippen LogP contribution < -0.4 is 5.32 Å². The molecule has 0 aromatic heterocycles. The molecule has 2 heteroatoms. The number of rotatable bonds is 2. The highest BCUT2D eigenvalue weighted by Crippen LogP contribution is 2.10. The molecule has 1 rings (SSSR count). The molecule has 1 heterocycles. The Morgan fingerprint density at radius 1 is 1.42 bits per heavy atom. The Balaban J connectivity index is 2.34. The molecule has 0 aromatic carbocycles.